The molecule has 0 saturated carbocycles. The molecule has 2 aromatic rings. The van der Waals surface area contributed by atoms with Crippen molar-refractivity contribution in [2.45, 2.75) is 13.0 Å². The van der Waals surface area contributed by atoms with Crippen molar-refractivity contribution in [3.8, 4) is 0 Å². The predicted octanol–water partition coefficient (Wildman–Crippen LogP) is 4.01. The Morgan fingerprint density at radius 1 is 1.12 bits per heavy atom. The van der Waals surface area contributed by atoms with Crippen LogP contribution in [0.15, 0.2) is 42.5 Å². The van der Waals surface area contributed by atoms with Gasteiger partial charge in [-0.3, -0.25) is 9.59 Å². The molecule has 1 aliphatic rings. The highest BCUT2D eigenvalue weighted by atomic mass is 35.5. The van der Waals surface area contributed by atoms with Gasteiger partial charge in [0.25, 0.3) is 5.91 Å². The van der Waals surface area contributed by atoms with Crippen LogP contribution >= 0.6 is 23.2 Å². The molecule has 3 rings (SSSR count). The predicted molar refractivity (Wildman–Crippen MR) is 95.7 cm³/mol. The second-order valence-electron chi connectivity index (χ2n) is 5.77. The molecule has 0 radical (unpaired) electrons. The minimum Gasteiger partial charge on any atom is -0.325 e. The number of carbonyl (C=O) groups excluding carboxylic acids is 2. The highest BCUT2D eigenvalue weighted by Gasteiger charge is 2.36. The van der Waals surface area contributed by atoms with Crippen molar-refractivity contribution in [2.75, 3.05) is 18.0 Å². The monoisotopic (exact) mass is 380 g/mol. The fraction of sp³-hybridized carbons (Fsp3) is 0.222. The molecule has 1 heterocycles. The molecule has 0 aromatic heterocycles. The molecule has 2 amide bonds. The molecule has 2 aromatic carbocycles. The summed E-state index contributed by atoms with van der Waals surface area (Å²) in [6.45, 7) is 2.33. The van der Waals surface area contributed by atoms with Crippen LogP contribution < -0.4 is 4.90 Å². The van der Waals surface area contributed by atoms with E-state index in [0.29, 0.717) is 34.4 Å². The number of benzene rings is 2. The van der Waals surface area contributed by atoms with Gasteiger partial charge in [0.15, 0.2) is 0 Å². The molecule has 0 spiro atoms. The zero-order valence-corrected chi connectivity index (χ0v) is 14.9. The summed E-state index contributed by atoms with van der Waals surface area (Å²) < 4.78 is 13.0. The first-order chi connectivity index (χ1) is 11.9. The van der Waals surface area contributed by atoms with Crippen LogP contribution in [0.25, 0.3) is 0 Å². The van der Waals surface area contributed by atoms with E-state index in [1.165, 1.54) is 29.2 Å². The van der Waals surface area contributed by atoms with E-state index in [1.54, 1.807) is 30.0 Å². The van der Waals surface area contributed by atoms with Crippen LogP contribution in [-0.2, 0) is 4.79 Å². The van der Waals surface area contributed by atoms with Crippen LogP contribution in [0.3, 0.4) is 0 Å². The van der Waals surface area contributed by atoms with Gasteiger partial charge in [-0.25, -0.2) is 4.39 Å². The molecule has 0 N–H and O–H groups in total. The summed E-state index contributed by atoms with van der Waals surface area (Å²) in [6.07, 6.45) is 0. The van der Waals surface area contributed by atoms with Gasteiger partial charge in [0.1, 0.15) is 11.9 Å². The summed E-state index contributed by atoms with van der Waals surface area (Å²) in [6, 6.07) is 9.55. The van der Waals surface area contributed by atoms with Gasteiger partial charge in [0.05, 0.1) is 10.7 Å². The van der Waals surface area contributed by atoms with Crippen molar-refractivity contribution in [3.63, 3.8) is 0 Å². The first-order valence-corrected chi connectivity index (χ1v) is 8.47. The molecular weight excluding hydrogens is 366 g/mol. The van der Waals surface area contributed by atoms with Crippen molar-refractivity contribution < 1.29 is 14.0 Å². The van der Waals surface area contributed by atoms with Crippen LogP contribution in [0.2, 0.25) is 10.0 Å². The molecule has 1 fully saturated rings. The van der Waals surface area contributed by atoms with Crippen LogP contribution in [0.1, 0.15) is 17.3 Å². The third-order valence-electron chi connectivity index (χ3n) is 4.21. The molecule has 0 bridgehead atoms. The van der Waals surface area contributed by atoms with E-state index >= 15 is 0 Å². The lowest BCUT2D eigenvalue weighted by Gasteiger charge is -2.39. The largest absolute Gasteiger partial charge is 0.325 e. The highest BCUT2D eigenvalue weighted by molar-refractivity contribution is 6.36. The number of hydrogen-bond donors (Lipinski definition) is 0. The Hall–Kier alpha value is -2.11. The van der Waals surface area contributed by atoms with Crippen LogP contribution in [0.4, 0.5) is 10.1 Å². The molecule has 7 heteroatoms. The summed E-state index contributed by atoms with van der Waals surface area (Å²) in [5, 5.41) is 0.866. The Bertz CT molecular complexity index is 826. The number of amides is 2. The molecule has 1 atom stereocenters. The van der Waals surface area contributed by atoms with Gasteiger partial charge in [-0.1, -0.05) is 23.2 Å². The second kappa shape index (κ2) is 7.02. The van der Waals surface area contributed by atoms with Crippen molar-refractivity contribution in [1.29, 1.82) is 0 Å². The Kier molecular flexibility index (Phi) is 4.97. The lowest BCUT2D eigenvalue weighted by atomic mass is 10.1. The zero-order chi connectivity index (χ0) is 18.1. The van der Waals surface area contributed by atoms with Crippen LogP contribution in [0.5, 0.6) is 0 Å². The average Bonchev–Trinajstić information content (AvgIpc) is 2.58. The first-order valence-electron chi connectivity index (χ1n) is 7.71. The third-order valence-corrected chi connectivity index (χ3v) is 4.75. The molecule has 1 aliphatic heterocycles. The summed E-state index contributed by atoms with van der Waals surface area (Å²) in [5.74, 6) is -0.948. The van der Waals surface area contributed by atoms with Gasteiger partial charge in [-0.2, -0.15) is 0 Å². The van der Waals surface area contributed by atoms with E-state index in [1.807, 2.05) is 0 Å². The normalized spacial score (nSPS) is 17.8. The van der Waals surface area contributed by atoms with Crippen molar-refractivity contribution in [2.24, 2.45) is 0 Å². The molecule has 0 aliphatic carbocycles. The Morgan fingerprint density at radius 2 is 1.80 bits per heavy atom. The summed E-state index contributed by atoms with van der Waals surface area (Å²) in [5.41, 5.74) is 0.913. The van der Waals surface area contributed by atoms with Crippen molar-refractivity contribution in [1.82, 2.24) is 4.90 Å². The lowest BCUT2D eigenvalue weighted by Crippen LogP contribution is -2.57. The van der Waals surface area contributed by atoms with E-state index in [-0.39, 0.29) is 11.8 Å². The number of anilines is 1. The SMILES string of the molecule is C[C@@H]1C(=O)N(c2ccc(Cl)cc2Cl)CCN1C(=O)c1ccc(F)cc1. The summed E-state index contributed by atoms with van der Waals surface area (Å²) in [4.78, 5) is 28.4. The third kappa shape index (κ3) is 3.48. The number of piperazine rings is 1. The van der Waals surface area contributed by atoms with Gasteiger partial charge in [0.2, 0.25) is 5.91 Å². The van der Waals surface area contributed by atoms with Gasteiger partial charge in [-0.15, -0.1) is 0 Å². The Morgan fingerprint density at radius 3 is 2.44 bits per heavy atom. The van der Waals surface area contributed by atoms with Gasteiger partial charge >= 0.3 is 0 Å². The van der Waals surface area contributed by atoms with E-state index in [0.717, 1.165) is 0 Å². The molecular formula is C18H15Cl2FN2O2. The minimum atomic E-state index is -0.655. The maximum atomic E-state index is 13.0. The molecule has 25 heavy (non-hydrogen) atoms. The van der Waals surface area contributed by atoms with Crippen molar-refractivity contribution >= 4 is 40.7 Å². The smallest absolute Gasteiger partial charge is 0.254 e. The summed E-state index contributed by atoms with van der Waals surface area (Å²) >= 11 is 12.1. The van der Waals surface area contributed by atoms with E-state index in [4.69, 9.17) is 23.2 Å². The number of hydrogen-bond acceptors (Lipinski definition) is 2. The fourth-order valence-corrected chi connectivity index (χ4v) is 3.36. The Labute approximate surface area is 154 Å². The van der Waals surface area contributed by atoms with Crippen LogP contribution in [0, 0.1) is 5.82 Å². The topological polar surface area (TPSA) is 40.6 Å². The first kappa shape index (κ1) is 17.7. The van der Waals surface area contributed by atoms with Crippen LogP contribution in [-0.4, -0.2) is 35.8 Å². The molecule has 0 unspecified atom stereocenters. The minimum absolute atomic E-state index is 0.231. The molecule has 4 nitrogen and oxygen atoms in total. The van der Waals surface area contributed by atoms with E-state index in [9.17, 15) is 14.0 Å². The number of nitrogens with zero attached hydrogens (tertiary/aromatic N) is 2. The molecule has 1 saturated heterocycles. The van der Waals surface area contributed by atoms with E-state index in [2.05, 4.69) is 0 Å². The van der Waals surface area contributed by atoms with Gasteiger partial charge in [-0.05, 0) is 49.4 Å². The lowest BCUT2D eigenvalue weighted by molar-refractivity contribution is -0.124. The average molecular weight is 381 g/mol. The zero-order valence-electron chi connectivity index (χ0n) is 13.4. The summed E-state index contributed by atoms with van der Waals surface area (Å²) in [7, 11) is 0. The number of halogens is 3. The quantitative estimate of drug-likeness (QED) is 0.789. The van der Waals surface area contributed by atoms with Gasteiger partial charge in [0, 0.05) is 23.7 Å². The van der Waals surface area contributed by atoms with Gasteiger partial charge < -0.3 is 9.80 Å². The second-order valence-corrected chi connectivity index (χ2v) is 6.61. The highest BCUT2D eigenvalue weighted by Crippen LogP contribution is 2.31. The fourth-order valence-electron chi connectivity index (χ4n) is 2.85. The van der Waals surface area contributed by atoms with E-state index < -0.39 is 11.9 Å². The standard InChI is InChI=1S/C18H15Cl2FN2O2/c1-11-17(24)23(16-7-4-13(19)10-15(16)20)9-8-22(11)18(25)12-2-5-14(21)6-3-12/h2-7,10-11H,8-9H2,1H3/t11-/m1/s1. The van der Waals surface area contributed by atoms with Crippen molar-refractivity contribution in [3.05, 3.63) is 63.9 Å². The number of rotatable bonds is 2. The number of carbonyl (C=O) groups is 2. The molecule has 130 valence electrons. The Balaban J connectivity index is 1.81. The maximum absolute atomic E-state index is 13.0. The maximum Gasteiger partial charge on any atom is 0.254 e.